The highest BCUT2D eigenvalue weighted by Crippen LogP contribution is 2.15. The third kappa shape index (κ3) is 2.94. The molecule has 7 heteroatoms. The van der Waals surface area contributed by atoms with Gasteiger partial charge in [0, 0.05) is 12.6 Å². The number of nitrogens with one attached hydrogen (secondary N) is 1. The number of anilines is 2. The molecule has 1 atom stereocenters. The van der Waals surface area contributed by atoms with Crippen LogP contribution in [-0.4, -0.2) is 53.1 Å². The molecule has 2 rings (SSSR count). The van der Waals surface area contributed by atoms with Gasteiger partial charge >= 0.3 is 6.01 Å². The van der Waals surface area contributed by atoms with Crippen molar-refractivity contribution in [1.82, 2.24) is 19.9 Å². The van der Waals surface area contributed by atoms with Crippen LogP contribution >= 0.6 is 0 Å². The van der Waals surface area contributed by atoms with Gasteiger partial charge in [-0.3, -0.25) is 0 Å². The summed E-state index contributed by atoms with van der Waals surface area (Å²) in [6.45, 7) is 1.96. The summed E-state index contributed by atoms with van der Waals surface area (Å²) in [6.07, 6.45) is 2.44. The second-order valence-corrected chi connectivity index (χ2v) is 4.16. The van der Waals surface area contributed by atoms with Crippen LogP contribution in [0.4, 0.5) is 11.9 Å². The van der Waals surface area contributed by atoms with Crippen molar-refractivity contribution in [2.45, 2.75) is 18.9 Å². The molecule has 0 spiro atoms. The lowest BCUT2D eigenvalue weighted by molar-refractivity contribution is 0.321. The highest BCUT2D eigenvalue weighted by molar-refractivity contribution is 5.32. The molecule has 0 radical (unpaired) electrons. The Morgan fingerprint density at radius 2 is 2.29 bits per heavy atom. The van der Waals surface area contributed by atoms with Gasteiger partial charge in [0.25, 0.3) is 0 Å². The van der Waals surface area contributed by atoms with Gasteiger partial charge in [0.05, 0.1) is 7.11 Å². The van der Waals surface area contributed by atoms with Gasteiger partial charge in [-0.25, -0.2) is 0 Å². The first-order valence-corrected chi connectivity index (χ1v) is 5.68. The number of ether oxygens (including phenoxy) is 1. The summed E-state index contributed by atoms with van der Waals surface area (Å²) in [6, 6.07) is 0.763. The predicted molar refractivity (Wildman–Crippen MR) is 64.9 cm³/mol. The van der Waals surface area contributed by atoms with Crippen LogP contribution in [0.1, 0.15) is 12.8 Å². The smallest absolute Gasteiger partial charge is 0.322 e. The van der Waals surface area contributed by atoms with Crippen molar-refractivity contribution >= 4 is 11.9 Å². The molecule has 0 aliphatic carbocycles. The summed E-state index contributed by atoms with van der Waals surface area (Å²) in [5.41, 5.74) is 5.55. The number of methoxy groups -OCH3 is 1. The maximum atomic E-state index is 5.55. The van der Waals surface area contributed by atoms with Gasteiger partial charge in [-0.2, -0.15) is 15.0 Å². The Hall–Kier alpha value is -1.63. The number of hydrogen-bond acceptors (Lipinski definition) is 7. The van der Waals surface area contributed by atoms with Crippen molar-refractivity contribution in [2.75, 3.05) is 38.3 Å². The SMILES string of the molecule is COc1nc(N)nc(NCC2CCCN2C)n1. The van der Waals surface area contributed by atoms with E-state index in [1.54, 1.807) is 0 Å². The number of likely N-dealkylation sites (tertiary alicyclic amines) is 1. The lowest BCUT2D eigenvalue weighted by Crippen LogP contribution is -2.32. The Labute approximate surface area is 100 Å². The van der Waals surface area contributed by atoms with E-state index in [9.17, 15) is 0 Å². The molecule has 1 aromatic rings. The Kier molecular flexibility index (Phi) is 3.58. The molecule has 1 aromatic heterocycles. The maximum absolute atomic E-state index is 5.55. The minimum Gasteiger partial charge on any atom is -0.467 e. The molecule has 0 saturated carbocycles. The van der Waals surface area contributed by atoms with Crippen molar-refractivity contribution < 1.29 is 4.74 Å². The summed E-state index contributed by atoms with van der Waals surface area (Å²) in [5, 5.41) is 3.17. The zero-order chi connectivity index (χ0) is 12.3. The van der Waals surface area contributed by atoms with E-state index in [1.165, 1.54) is 20.0 Å². The van der Waals surface area contributed by atoms with E-state index < -0.39 is 0 Å². The van der Waals surface area contributed by atoms with Crippen molar-refractivity contribution in [2.24, 2.45) is 0 Å². The monoisotopic (exact) mass is 238 g/mol. The third-order valence-corrected chi connectivity index (χ3v) is 2.98. The van der Waals surface area contributed by atoms with Crippen LogP contribution < -0.4 is 15.8 Å². The van der Waals surface area contributed by atoms with Crippen molar-refractivity contribution in [3.63, 3.8) is 0 Å². The molecule has 0 amide bonds. The highest BCUT2D eigenvalue weighted by atomic mass is 16.5. The minimum atomic E-state index is 0.166. The predicted octanol–water partition coefficient (Wildman–Crippen LogP) is -0.0315. The van der Waals surface area contributed by atoms with Gasteiger partial charge in [-0.15, -0.1) is 0 Å². The second kappa shape index (κ2) is 5.13. The fraction of sp³-hybridized carbons (Fsp3) is 0.700. The van der Waals surface area contributed by atoms with Gasteiger partial charge < -0.3 is 20.7 Å². The van der Waals surface area contributed by atoms with Gasteiger partial charge in [-0.1, -0.05) is 0 Å². The number of aromatic nitrogens is 3. The lowest BCUT2D eigenvalue weighted by Gasteiger charge is -2.19. The van der Waals surface area contributed by atoms with Crippen LogP contribution in [0.2, 0.25) is 0 Å². The number of nitrogens with zero attached hydrogens (tertiary/aromatic N) is 4. The largest absolute Gasteiger partial charge is 0.467 e. The van der Waals surface area contributed by atoms with Crippen LogP contribution in [0.25, 0.3) is 0 Å². The standard InChI is InChI=1S/C10H18N6O/c1-16-5-3-4-7(16)6-12-9-13-8(11)14-10(15-9)17-2/h7H,3-6H2,1-2H3,(H3,11,12,13,14,15). The van der Waals surface area contributed by atoms with Gasteiger partial charge in [-0.05, 0) is 26.4 Å². The highest BCUT2D eigenvalue weighted by Gasteiger charge is 2.20. The zero-order valence-corrected chi connectivity index (χ0v) is 10.2. The number of rotatable bonds is 4. The van der Waals surface area contributed by atoms with Crippen LogP contribution in [0.3, 0.4) is 0 Å². The number of hydrogen-bond donors (Lipinski definition) is 2. The molecule has 3 N–H and O–H groups in total. The molecule has 1 fully saturated rings. The van der Waals surface area contributed by atoms with Gasteiger partial charge in [0.2, 0.25) is 11.9 Å². The lowest BCUT2D eigenvalue weighted by atomic mass is 10.2. The van der Waals surface area contributed by atoms with Crippen LogP contribution in [-0.2, 0) is 0 Å². The van der Waals surface area contributed by atoms with Gasteiger partial charge in [0.15, 0.2) is 0 Å². The second-order valence-electron chi connectivity index (χ2n) is 4.16. The molecule has 7 nitrogen and oxygen atoms in total. The summed E-state index contributed by atoms with van der Waals surface area (Å²) in [4.78, 5) is 14.3. The molecule has 0 aromatic carbocycles. The summed E-state index contributed by atoms with van der Waals surface area (Å²) >= 11 is 0. The van der Waals surface area contributed by atoms with E-state index in [4.69, 9.17) is 10.5 Å². The first kappa shape index (κ1) is 11.8. The molecule has 1 aliphatic heterocycles. The molecule has 2 heterocycles. The van der Waals surface area contributed by atoms with E-state index in [1.807, 2.05) is 0 Å². The molecular formula is C10H18N6O. The molecule has 17 heavy (non-hydrogen) atoms. The van der Waals surface area contributed by atoms with E-state index in [0.717, 1.165) is 13.1 Å². The molecule has 1 aliphatic rings. The van der Waals surface area contributed by atoms with Crippen molar-refractivity contribution in [3.8, 4) is 6.01 Å². The van der Waals surface area contributed by atoms with E-state index >= 15 is 0 Å². The first-order chi connectivity index (χ1) is 8.19. The molecule has 1 unspecified atom stereocenters. The Bertz CT molecular complexity index is 385. The Balaban J connectivity index is 1.96. The number of likely N-dealkylation sites (N-methyl/N-ethyl adjacent to an activating group) is 1. The van der Waals surface area contributed by atoms with Crippen molar-refractivity contribution in [1.29, 1.82) is 0 Å². The average molecular weight is 238 g/mol. The fourth-order valence-corrected chi connectivity index (χ4v) is 1.99. The third-order valence-electron chi connectivity index (χ3n) is 2.98. The fourth-order valence-electron chi connectivity index (χ4n) is 1.99. The molecule has 1 saturated heterocycles. The quantitative estimate of drug-likeness (QED) is 0.761. The number of nitrogens with two attached hydrogens (primary N) is 1. The van der Waals surface area contributed by atoms with E-state index in [2.05, 4.69) is 32.2 Å². The molecule has 94 valence electrons. The Morgan fingerprint density at radius 3 is 2.94 bits per heavy atom. The topological polar surface area (TPSA) is 89.2 Å². The van der Waals surface area contributed by atoms with Crippen LogP contribution in [0, 0.1) is 0 Å². The summed E-state index contributed by atoms with van der Waals surface area (Å²) in [7, 11) is 3.63. The molecular weight excluding hydrogens is 220 g/mol. The first-order valence-electron chi connectivity index (χ1n) is 5.68. The van der Waals surface area contributed by atoms with Crippen molar-refractivity contribution in [3.05, 3.63) is 0 Å². The summed E-state index contributed by atoms with van der Waals surface area (Å²) in [5.74, 6) is 0.633. The minimum absolute atomic E-state index is 0.166. The van der Waals surface area contributed by atoms with Crippen LogP contribution in [0.5, 0.6) is 6.01 Å². The maximum Gasteiger partial charge on any atom is 0.322 e. The zero-order valence-electron chi connectivity index (χ0n) is 10.2. The average Bonchev–Trinajstić information content (AvgIpc) is 2.71. The van der Waals surface area contributed by atoms with E-state index in [-0.39, 0.29) is 12.0 Å². The normalized spacial score (nSPS) is 20.5. The summed E-state index contributed by atoms with van der Waals surface area (Å²) < 4.78 is 4.94. The van der Waals surface area contributed by atoms with E-state index in [0.29, 0.717) is 12.0 Å². The van der Waals surface area contributed by atoms with Crippen LogP contribution in [0.15, 0.2) is 0 Å². The Morgan fingerprint density at radius 1 is 1.47 bits per heavy atom. The molecule has 0 bridgehead atoms. The van der Waals surface area contributed by atoms with Gasteiger partial charge in [0.1, 0.15) is 0 Å². The number of nitrogen functional groups attached to an aromatic ring is 1.